The fraction of sp³-hybridized carbons (Fsp3) is 0.0714. The van der Waals surface area contributed by atoms with Crippen molar-refractivity contribution in [1.82, 2.24) is 0 Å². The van der Waals surface area contributed by atoms with E-state index in [2.05, 4.69) is 21.2 Å². The number of hydrogen-bond donors (Lipinski definition) is 1. The van der Waals surface area contributed by atoms with Crippen LogP contribution >= 0.6 is 27.5 Å². The van der Waals surface area contributed by atoms with E-state index in [4.69, 9.17) is 11.6 Å². The Morgan fingerprint density at radius 3 is 2.79 bits per heavy atom. The Kier molecular flexibility index (Phi) is 4.56. The summed E-state index contributed by atoms with van der Waals surface area (Å²) in [7, 11) is 0. The molecule has 2 aromatic carbocycles. The van der Waals surface area contributed by atoms with Gasteiger partial charge in [-0.05, 0) is 51.8 Å². The molecule has 1 N–H and O–H groups in total. The van der Waals surface area contributed by atoms with E-state index in [1.165, 1.54) is 12.1 Å². The molecule has 0 saturated carbocycles. The predicted octanol–water partition coefficient (Wildman–Crippen LogP) is 4.58. The lowest BCUT2D eigenvalue weighted by Crippen LogP contribution is -2.12. The molecule has 0 radical (unpaired) electrons. The number of benzene rings is 2. The first-order chi connectivity index (χ1) is 9.10. The van der Waals surface area contributed by atoms with Crippen molar-refractivity contribution >= 4 is 39.1 Å². The van der Waals surface area contributed by atoms with Crippen molar-refractivity contribution < 1.29 is 9.18 Å². The summed E-state index contributed by atoms with van der Waals surface area (Å²) in [5, 5.41) is 2.65. The molecule has 1 amide bonds. The zero-order chi connectivity index (χ0) is 13.8. The Labute approximate surface area is 123 Å². The number of nitrogens with one attached hydrogen (secondary N) is 1. The molecule has 0 heterocycles. The minimum absolute atomic E-state index is 0.307. The Morgan fingerprint density at radius 1 is 1.26 bits per heavy atom. The molecule has 98 valence electrons. The largest absolute Gasteiger partial charge is 0.321 e. The first kappa shape index (κ1) is 14.0. The lowest BCUT2D eigenvalue weighted by molar-refractivity contribution is 0.102. The fourth-order valence-electron chi connectivity index (χ4n) is 1.58. The molecule has 0 aliphatic rings. The van der Waals surface area contributed by atoms with Gasteiger partial charge in [0.05, 0.1) is 5.69 Å². The molecule has 0 spiro atoms. The average molecular weight is 343 g/mol. The van der Waals surface area contributed by atoms with Crippen molar-refractivity contribution in [3.8, 4) is 0 Å². The molecule has 0 unspecified atom stereocenters. The number of anilines is 1. The second-order valence-corrected chi connectivity index (χ2v) is 5.03. The minimum Gasteiger partial charge on any atom is -0.321 e. The fourth-order valence-corrected chi connectivity index (χ4v) is 2.10. The summed E-state index contributed by atoms with van der Waals surface area (Å²) < 4.78 is 13.8. The predicted molar refractivity (Wildman–Crippen MR) is 78.1 cm³/mol. The van der Waals surface area contributed by atoms with Crippen molar-refractivity contribution in [2.75, 3.05) is 5.32 Å². The van der Waals surface area contributed by atoms with E-state index in [1.54, 1.807) is 24.3 Å². The molecule has 0 aliphatic carbocycles. The number of carbonyl (C=O) groups excluding carboxylic acids is 1. The van der Waals surface area contributed by atoms with Crippen LogP contribution in [0.2, 0.25) is 0 Å². The number of halogens is 3. The van der Waals surface area contributed by atoms with Crippen molar-refractivity contribution in [3.63, 3.8) is 0 Å². The maximum Gasteiger partial charge on any atom is 0.255 e. The molecule has 5 heteroatoms. The van der Waals surface area contributed by atoms with Crippen molar-refractivity contribution in [2.45, 2.75) is 5.88 Å². The van der Waals surface area contributed by atoms with Gasteiger partial charge in [-0.25, -0.2) is 4.39 Å². The number of rotatable bonds is 3. The second kappa shape index (κ2) is 6.17. The van der Waals surface area contributed by atoms with Crippen LogP contribution in [-0.4, -0.2) is 5.91 Å². The van der Waals surface area contributed by atoms with Crippen LogP contribution < -0.4 is 5.32 Å². The maximum atomic E-state index is 13.1. The molecular weight excluding hydrogens is 333 g/mol. The lowest BCUT2D eigenvalue weighted by atomic mass is 10.1. The number of amides is 1. The molecule has 0 fully saturated rings. The van der Waals surface area contributed by atoms with E-state index in [0.717, 1.165) is 5.56 Å². The van der Waals surface area contributed by atoms with Crippen molar-refractivity contribution in [3.05, 3.63) is 63.9 Å². The van der Waals surface area contributed by atoms with Gasteiger partial charge in [-0.3, -0.25) is 4.79 Å². The Hall–Kier alpha value is -1.39. The topological polar surface area (TPSA) is 29.1 Å². The van der Waals surface area contributed by atoms with Crippen LogP contribution in [0, 0.1) is 5.82 Å². The van der Waals surface area contributed by atoms with Gasteiger partial charge in [0, 0.05) is 15.9 Å². The van der Waals surface area contributed by atoms with Crippen LogP contribution in [0.4, 0.5) is 10.1 Å². The second-order valence-electron chi connectivity index (χ2n) is 3.91. The molecule has 0 saturated heterocycles. The Morgan fingerprint density at radius 2 is 2.05 bits per heavy atom. The highest BCUT2D eigenvalue weighted by Crippen LogP contribution is 2.23. The molecular formula is C14H10BrClFNO. The van der Waals surface area contributed by atoms with Gasteiger partial charge < -0.3 is 5.32 Å². The lowest BCUT2D eigenvalue weighted by Gasteiger charge is -2.08. The van der Waals surface area contributed by atoms with Crippen LogP contribution in [0.3, 0.4) is 0 Å². The third-order valence-corrected chi connectivity index (χ3v) is 3.52. The van der Waals surface area contributed by atoms with E-state index in [0.29, 0.717) is 21.6 Å². The highest BCUT2D eigenvalue weighted by Gasteiger charge is 2.09. The summed E-state index contributed by atoms with van der Waals surface area (Å²) in [6.07, 6.45) is 0. The zero-order valence-electron chi connectivity index (χ0n) is 9.79. The number of hydrogen-bond acceptors (Lipinski definition) is 1. The summed E-state index contributed by atoms with van der Waals surface area (Å²) >= 11 is 8.98. The zero-order valence-corrected chi connectivity index (χ0v) is 12.1. The van der Waals surface area contributed by atoms with Gasteiger partial charge in [0.15, 0.2) is 0 Å². The van der Waals surface area contributed by atoms with Crippen LogP contribution in [0.15, 0.2) is 46.9 Å². The number of alkyl halides is 1. The minimum atomic E-state index is -0.409. The summed E-state index contributed by atoms with van der Waals surface area (Å²) in [5.41, 5.74) is 1.73. The molecule has 2 aromatic rings. The summed E-state index contributed by atoms with van der Waals surface area (Å²) in [5.74, 6) is -0.378. The molecule has 0 aliphatic heterocycles. The smallest absolute Gasteiger partial charge is 0.255 e. The van der Waals surface area contributed by atoms with Gasteiger partial charge >= 0.3 is 0 Å². The molecule has 19 heavy (non-hydrogen) atoms. The van der Waals surface area contributed by atoms with Crippen LogP contribution in [0.5, 0.6) is 0 Å². The van der Waals surface area contributed by atoms with Crippen LogP contribution in [0.25, 0.3) is 0 Å². The monoisotopic (exact) mass is 341 g/mol. The molecule has 2 rings (SSSR count). The molecule has 2 nitrogen and oxygen atoms in total. The molecule has 0 aromatic heterocycles. The average Bonchev–Trinajstić information content (AvgIpc) is 2.43. The van der Waals surface area contributed by atoms with Gasteiger partial charge in [-0.15, -0.1) is 11.6 Å². The van der Waals surface area contributed by atoms with Crippen molar-refractivity contribution in [2.24, 2.45) is 0 Å². The standard InChI is InChI=1S/C14H10BrClFNO/c15-12-5-4-11(17)7-13(12)18-14(19)10-3-1-2-9(6-10)8-16/h1-7H,8H2,(H,18,19). The van der Waals surface area contributed by atoms with Gasteiger partial charge in [-0.1, -0.05) is 12.1 Å². The first-order valence-electron chi connectivity index (χ1n) is 5.51. The molecule has 0 atom stereocenters. The van der Waals surface area contributed by atoms with E-state index in [-0.39, 0.29) is 5.91 Å². The summed E-state index contributed by atoms with van der Waals surface area (Å²) in [6, 6.07) is 11.1. The van der Waals surface area contributed by atoms with Gasteiger partial charge in [-0.2, -0.15) is 0 Å². The normalized spacial score (nSPS) is 10.3. The van der Waals surface area contributed by atoms with E-state index < -0.39 is 5.82 Å². The van der Waals surface area contributed by atoms with Gasteiger partial charge in [0.2, 0.25) is 0 Å². The van der Waals surface area contributed by atoms with Gasteiger partial charge in [0.1, 0.15) is 5.82 Å². The third kappa shape index (κ3) is 3.55. The molecule has 0 bridgehead atoms. The Bertz CT molecular complexity index is 618. The van der Waals surface area contributed by atoms with E-state index >= 15 is 0 Å². The maximum absolute atomic E-state index is 13.1. The SMILES string of the molecule is O=C(Nc1cc(F)ccc1Br)c1cccc(CCl)c1. The van der Waals surface area contributed by atoms with E-state index in [1.807, 2.05) is 6.07 Å². The first-order valence-corrected chi connectivity index (χ1v) is 6.84. The highest BCUT2D eigenvalue weighted by molar-refractivity contribution is 9.10. The number of carbonyl (C=O) groups is 1. The van der Waals surface area contributed by atoms with Crippen LogP contribution in [-0.2, 0) is 5.88 Å². The van der Waals surface area contributed by atoms with E-state index in [9.17, 15) is 9.18 Å². The van der Waals surface area contributed by atoms with Crippen molar-refractivity contribution in [1.29, 1.82) is 0 Å². The third-order valence-electron chi connectivity index (χ3n) is 2.52. The Balaban J connectivity index is 2.22. The summed E-state index contributed by atoms with van der Waals surface area (Å²) in [6.45, 7) is 0. The van der Waals surface area contributed by atoms with Crippen LogP contribution in [0.1, 0.15) is 15.9 Å². The van der Waals surface area contributed by atoms with Gasteiger partial charge in [0.25, 0.3) is 5.91 Å². The summed E-state index contributed by atoms with van der Waals surface area (Å²) in [4.78, 5) is 12.0. The highest BCUT2D eigenvalue weighted by atomic mass is 79.9. The quantitative estimate of drug-likeness (QED) is 0.813.